The molecule has 0 radical (unpaired) electrons. The summed E-state index contributed by atoms with van der Waals surface area (Å²) < 4.78 is 6.48. The van der Waals surface area contributed by atoms with Crippen LogP contribution in [0.15, 0.2) is 35.3 Å². The zero-order valence-corrected chi connectivity index (χ0v) is 11.0. The minimum Gasteiger partial charge on any atom is -0.437 e. The molecule has 0 aliphatic rings. The number of halogens is 1. The molecule has 2 heterocycles. The number of hydrogen-bond donors (Lipinski definition) is 0. The zero-order chi connectivity index (χ0) is 12.1. The maximum absolute atomic E-state index is 5.60. The van der Waals surface area contributed by atoms with Crippen molar-refractivity contribution in [3.63, 3.8) is 0 Å². The van der Waals surface area contributed by atoms with Crippen molar-refractivity contribution >= 4 is 15.9 Å². The summed E-state index contributed by atoms with van der Waals surface area (Å²) >= 11 is 3.34. The first-order chi connectivity index (χ1) is 8.28. The largest absolute Gasteiger partial charge is 0.437 e. The molecule has 2 aromatic rings. The fourth-order valence-corrected chi connectivity index (χ4v) is 1.74. The van der Waals surface area contributed by atoms with Gasteiger partial charge in [0.15, 0.2) is 0 Å². The van der Waals surface area contributed by atoms with Gasteiger partial charge in [-0.3, -0.25) is 4.98 Å². The normalized spacial score (nSPS) is 10.2. The summed E-state index contributed by atoms with van der Waals surface area (Å²) in [4.78, 5) is 12.3. The summed E-state index contributed by atoms with van der Waals surface area (Å²) in [5.74, 6) is 1.20. The molecular formula is C12H12BrN3O. The first-order valence-electron chi connectivity index (χ1n) is 5.37. The molecule has 0 bridgehead atoms. The number of nitrogens with zero attached hydrogens (tertiary/aromatic N) is 3. The van der Waals surface area contributed by atoms with Crippen molar-refractivity contribution in [2.24, 2.45) is 0 Å². The second kappa shape index (κ2) is 5.72. The fraction of sp³-hybridized carbons (Fsp3) is 0.250. The maximum atomic E-state index is 5.60. The third-order valence-electron chi connectivity index (χ3n) is 2.11. The fourth-order valence-electron chi connectivity index (χ4n) is 1.39. The smallest absolute Gasteiger partial charge is 0.222 e. The van der Waals surface area contributed by atoms with Crippen LogP contribution in [-0.2, 0) is 6.42 Å². The van der Waals surface area contributed by atoms with Crippen LogP contribution in [0.25, 0.3) is 0 Å². The van der Waals surface area contributed by atoms with Gasteiger partial charge in [0.25, 0.3) is 0 Å². The Bertz CT molecular complexity index is 505. The van der Waals surface area contributed by atoms with E-state index in [9.17, 15) is 0 Å². The van der Waals surface area contributed by atoms with E-state index in [1.807, 2.05) is 12.1 Å². The summed E-state index contributed by atoms with van der Waals surface area (Å²) in [6, 6.07) is 3.69. The van der Waals surface area contributed by atoms with Crippen LogP contribution in [0.2, 0.25) is 0 Å². The lowest BCUT2D eigenvalue weighted by Crippen LogP contribution is -1.94. The number of hydrogen-bond acceptors (Lipinski definition) is 4. The Kier molecular flexibility index (Phi) is 4.03. The standard InChI is InChI=1S/C12H12BrN3O/c1-2-3-10-5-12(16-8-15-10)17-11-4-9(13)6-14-7-11/h4-8H,2-3H2,1H3. The Morgan fingerprint density at radius 1 is 1.24 bits per heavy atom. The van der Waals surface area contributed by atoms with Crippen molar-refractivity contribution in [1.82, 2.24) is 15.0 Å². The number of rotatable bonds is 4. The van der Waals surface area contributed by atoms with Gasteiger partial charge in [-0.25, -0.2) is 9.97 Å². The van der Waals surface area contributed by atoms with Crippen LogP contribution in [-0.4, -0.2) is 15.0 Å². The molecule has 0 aromatic carbocycles. The van der Waals surface area contributed by atoms with Crippen LogP contribution in [0, 0.1) is 0 Å². The van der Waals surface area contributed by atoms with Gasteiger partial charge in [0, 0.05) is 22.4 Å². The van der Waals surface area contributed by atoms with Crippen molar-refractivity contribution < 1.29 is 4.74 Å². The third-order valence-corrected chi connectivity index (χ3v) is 2.54. The summed E-state index contributed by atoms with van der Waals surface area (Å²) in [5.41, 5.74) is 0.987. The van der Waals surface area contributed by atoms with E-state index in [1.54, 1.807) is 12.4 Å². The summed E-state index contributed by atoms with van der Waals surface area (Å²) in [7, 11) is 0. The SMILES string of the molecule is CCCc1cc(Oc2cncc(Br)c2)ncn1. The highest BCUT2D eigenvalue weighted by molar-refractivity contribution is 9.10. The topological polar surface area (TPSA) is 47.9 Å². The molecule has 4 nitrogen and oxygen atoms in total. The lowest BCUT2D eigenvalue weighted by Gasteiger charge is -2.05. The number of ether oxygens (including phenoxy) is 1. The minimum absolute atomic E-state index is 0.545. The molecule has 2 aromatic heterocycles. The van der Waals surface area contributed by atoms with Gasteiger partial charge >= 0.3 is 0 Å². The Balaban J connectivity index is 2.15. The molecule has 5 heteroatoms. The summed E-state index contributed by atoms with van der Waals surface area (Å²) in [6.45, 7) is 2.11. The van der Waals surface area contributed by atoms with Crippen LogP contribution in [0.3, 0.4) is 0 Å². The summed E-state index contributed by atoms with van der Waals surface area (Å²) in [5, 5.41) is 0. The Hall–Kier alpha value is -1.49. The van der Waals surface area contributed by atoms with E-state index in [0.717, 1.165) is 23.0 Å². The van der Waals surface area contributed by atoms with Gasteiger partial charge in [-0.1, -0.05) is 13.3 Å². The van der Waals surface area contributed by atoms with Crippen LogP contribution < -0.4 is 4.74 Å². The monoisotopic (exact) mass is 293 g/mol. The second-order valence-corrected chi connectivity index (χ2v) is 4.45. The minimum atomic E-state index is 0.545. The predicted octanol–water partition coefficient (Wildman–Crippen LogP) is 3.38. The molecule has 0 aliphatic carbocycles. The number of aryl methyl sites for hydroxylation is 1. The molecule has 0 saturated carbocycles. The van der Waals surface area contributed by atoms with E-state index in [-0.39, 0.29) is 0 Å². The Morgan fingerprint density at radius 3 is 2.88 bits per heavy atom. The Labute approximate surface area is 108 Å². The second-order valence-electron chi connectivity index (χ2n) is 3.54. The molecule has 0 atom stereocenters. The molecule has 17 heavy (non-hydrogen) atoms. The van der Waals surface area contributed by atoms with Crippen LogP contribution in [0.4, 0.5) is 0 Å². The molecular weight excluding hydrogens is 282 g/mol. The van der Waals surface area contributed by atoms with Gasteiger partial charge in [0.2, 0.25) is 5.88 Å². The van der Waals surface area contributed by atoms with Crippen LogP contribution in [0.5, 0.6) is 11.6 Å². The van der Waals surface area contributed by atoms with Gasteiger partial charge in [0.05, 0.1) is 6.20 Å². The average molecular weight is 294 g/mol. The van der Waals surface area contributed by atoms with Gasteiger partial charge in [-0.05, 0) is 28.4 Å². The lowest BCUT2D eigenvalue weighted by atomic mass is 10.2. The van der Waals surface area contributed by atoms with Gasteiger partial charge < -0.3 is 4.74 Å². The number of aromatic nitrogens is 3. The van der Waals surface area contributed by atoms with E-state index in [1.165, 1.54) is 6.33 Å². The van der Waals surface area contributed by atoms with Crippen LogP contribution >= 0.6 is 15.9 Å². The van der Waals surface area contributed by atoms with E-state index >= 15 is 0 Å². The molecule has 2 rings (SSSR count). The molecule has 0 spiro atoms. The van der Waals surface area contributed by atoms with Gasteiger partial charge in [-0.2, -0.15) is 0 Å². The first kappa shape index (κ1) is 12.0. The van der Waals surface area contributed by atoms with Crippen molar-refractivity contribution in [3.05, 3.63) is 41.0 Å². The molecule has 0 N–H and O–H groups in total. The van der Waals surface area contributed by atoms with E-state index < -0.39 is 0 Å². The molecule has 0 unspecified atom stereocenters. The number of pyridine rings is 1. The average Bonchev–Trinajstić information content (AvgIpc) is 2.30. The highest BCUT2D eigenvalue weighted by atomic mass is 79.9. The van der Waals surface area contributed by atoms with Gasteiger partial charge in [-0.15, -0.1) is 0 Å². The zero-order valence-electron chi connectivity index (χ0n) is 9.43. The van der Waals surface area contributed by atoms with E-state index in [0.29, 0.717) is 11.6 Å². The van der Waals surface area contributed by atoms with Crippen LogP contribution in [0.1, 0.15) is 19.0 Å². The van der Waals surface area contributed by atoms with E-state index in [2.05, 4.69) is 37.8 Å². The predicted molar refractivity (Wildman–Crippen MR) is 68.0 cm³/mol. The Morgan fingerprint density at radius 2 is 2.12 bits per heavy atom. The molecule has 0 amide bonds. The molecule has 0 saturated heterocycles. The quantitative estimate of drug-likeness (QED) is 0.867. The highest BCUT2D eigenvalue weighted by Gasteiger charge is 2.02. The molecule has 0 fully saturated rings. The van der Waals surface area contributed by atoms with Crippen molar-refractivity contribution in [1.29, 1.82) is 0 Å². The lowest BCUT2D eigenvalue weighted by molar-refractivity contribution is 0.457. The summed E-state index contributed by atoms with van der Waals surface area (Å²) in [6.07, 6.45) is 6.85. The molecule has 0 aliphatic heterocycles. The van der Waals surface area contributed by atoms with Crippen molar-refractivity contribution in [3.8, 4) is 11.6 Å². The van der Waals surface area contributed by atoms with E-state index in [4.69, 9.17) is 4.74 Å². The van der Waals surface area contributed by atoms with Crippen molar-refractivity contribution in [2.75, 3.05) is 0 Å². The first-order valence-corrected chi connectivity index (χ1v) is 6.16. The van der Waals surface area contributed by atoms with Gasteiger partial charge in [0.1, 0.15) is 12.1 Å². The van der Waals surface area contributed by atoms with Crippen molar-refractivity contribution in [2.45, 2.75) is 19.8 Å². The highest BCUT2D eigenvalue weighted by Crippen LogP contribution is 2.21. The molecule has 88 valence electrons. The third kappa shape index (κ3) is 3.49. The maximum Gasteiger partial charge on any atom is 0.222 e.